The second-order valence-electron chi connectivity index (χ2n) is 11.4. The van der Waals surface area contributed by atoms with Crippen molar-refractivity contribution in [2.45, 2.75) is 69.7 Å². The molecule has 2 aromatic carbocycles. The van der Waals surface area contributed by atoms with E-state index in [1.54, 1.807) is 26.2 Å². The zero-order chi connectivity index (χ0) is 33.9. The van der Waals surface area contributed by atoms with Gasteiger partial charge in [0.1, 0.15) is 5.82 Å². The Morgan fingerprint density at radius 1 is 0.688 bits per heavy atom. The minimum atomic E-state index is -0.436. The molecule has 0 spiro atoms. The number of esters is 2. The van der Waals surface area contributed by atoms with Gasteiger partial charge in [0, 0.05) is 52.2 Å². The van der Waals surface area contributed by atoms with Crippen molar-refractivity contribution < 1.29 is 19.1 Å². The Labute approximate surface area is 302 Å². The van der Waals surface area contributed by atoms with Gasteiger partial charge in [-0.05, 0) is 92.9 Å². The highest BCUT2D eigenvalue weighted by molar-refractivity contribution is 6.30. The van der Waals surface area contributed by atoms with E-state index in [1.165, 1.54) is 36.4 Å². The van der Waals surface area contributed by atoms with E-state index >= 15 is 0 Å². The van der Waals surface area contributed by atoms with Gasteiger partial charge in [0.05, 0.1) is 24.3 Å². The molecule has 0 saturated heterocycles. The summed E-state index contributed by atoms with van der Waals surface area (Å²) in [5, 5.41) is 1.64. The molecule has 48 heavy (non-hydrogen) atoms. The second-order valence-corrected chi connectivity index (χ2v) is 12.6. The van der Waals surface area contributed by atoms with Crippen molar-refractivity contribution in [1.29, 1.82) is 0 Å². The Bertz CT molecular complexity index is 1600. The molecule has 2 N–H and O–H groups in total. The SMILES string of the molecule is CCOC(=O)c1cnc(CC2(c3ccc(Cl)cc3)CCC2)nc1.CCOC(=O)c1cnc(Cl)nc1.Cl.NC1(c2ccc(Cl)cc2)CCC1. The van der Waals surface area contributed by atoms with Crippen molar-refractivity contribution in [3.05, 3.63) is 117 Å². The molecule has 2 aliphatic rings. The molecule has 6 rings (SSSR count). The summed E-state index contributed by atoms with van der Waals surface area (Å²) >= 11 is 17.2. The van der Waals surface area contributed by atoms with Crippen LogP contribution in [0.15, 0.2) is 73.3 Å². The van der Waals surface area contributed by atoms with Gasteiger partial charge in [0.2, 0.25) is 5.28 Å². The Kier molecular flexibility index (Phi) is 15.0. The summed E-state index contributed by atoms with van der Waals surface area (Å²) < 4.78 is 9.66. The molecule has 2 aliphatic carbocycles. The number of nitrogens with two attached hydrogens (primary N) is 1. The average Bonchev–Trinajstić information content (AvgIpc) is 3.04. The first-order valence-electron chi connectivity index (χ1n) is 15.5. The largest absolute Gasteiger partial charge is 0.462 e. The lowest BCUT2D eigenvalue weighted by Crippen LogP contribution is -2.43. The quantitative estimate of drug-likeness (QED) is 0.140. The first-order valence-corrected chi connectivity index (χ1v) is 16.6. The maximum absolute atomic E-state index is 11.6. The maximum Gasteiger partial charge on any atom is 0.341 e. The van der Waals surface area contributed by atoms with Crippen LogP contribution in [-0.2, 0) is 26.8 Å². The molecule has 0 atom stereocenters. The Balaban J connectivity index is 0.000000212. The Morgan fingerprint density at radius 3 is 1.48 bits per heavy atom. The number of hydrogen-bond donors (Lipinski definition) is 1. The normalized spacial score (nSPS) is 15.0. The van der Waals surface area contributed by atoms with E-state index in [0.29, 0.717) is 24.3 Å². The van der Waals surface area contributed by atoms with Crippen LogP contribution in [0.2, 0.25) is 15.3 Å². The molecule has 0 bridgehead atoms. The van der Waals surface area contributed by atoms with E-state index in [0.717, 1.165) is 48.0 Å². The molecule has 2 saturated carbocycles. The lowest BCUT2D eigenvalue weighted by atomic mass is 9.62. The van der Waals surface area contributed by atoms with Crippen molar-refractivity contribution >= 4 is 59.1 Å². The Morgan fingerprint density at radius 2 is 1.10 bits per heavy atom. The van der Waals surface area contributed by atoms with Crippen molar-refractivity contribution in [3.63, 3.8) is 0 Å². The van der Waals surface area contributed by atoms with Gasteiger partial charge >= 0.3 is 11.9 Å². The van der Waals surface area contributed by atoms with Gasteiger partial charge in [0.25, 0.3) is 0 Å². The van der Waals surface area contributed by atoms with Crippen molar-refractivity contribution in [3.8, 4) is 0 Å². The van der Waals surface area contributed by atoms with E-state index in [-0.39, 0.29) is 34.6 Å². The molecule has 9 nitrogen and oxygen atoms in total. The monoisotopic (exact) mass is 733 g/mol. The molecule has 0 radical (unpaired) electrons. The van der Waals surface area contributed by atoms with Gasteiger partial charge in [0.15, 0.2) is 0 Å². The molecule has 0 aliphatic heterocycles. The average molecular weight is 736 g/mol. The highest BCUT2D eigenvalue weighted by Gasteiger charge is 2.39. The third-order valence-corrected chi connectivity index (χ3v) is 8.98. The smallest absolute Gasteiger partial charge is 0.341 e. The van der Waals surface area contributed by atoms with Crippen LogP contribution in [-0.4, -0.2) is 45.1 Å². The molecule has 2 fully saturated rings. The molecule has 2 aromatic heterocycles. The van der Waals surface area contributed by atoms with Gasteiger partial charge < -0.3 is 15.2 Å². The molecule has 2 heterocycles. The fourth-order valence-electron chi connectivity index (χ4n) is 5.30. The zero-order valence-corrected chi connectivity index (χ0v) is 29.9. The van der Waals surface area contributed by atoms with Crippen LogP contribution in [0.4, 0.5) is 0 Å². The lowest BCUT2D eigenvalue weighted by molar-refractivity contribution is 0.0515. The predicted molar refractivity (Wildman–Crippen MR) is 190 cm³/mol. The van der Waals surface area contributed by atoms with E-state index in [9.17, 15) is 9.59 Å². The first kappa shape index (κ1) is 39.1. The van der Waals surface area contributed by atoms with Crippen molar-refractivity contribution in [2.24, 2.45) is 5.73 Å². The van der Waals surface area contributed by atoms with Gasteiger partial charge in [-0.2, -0.15) is 0 Å². The summed E-state index contributed by atoms with van der Waals surface area (Å²) in [5.74, 6) is -0.0584. The number of hydrogen-bond acceptors (Lipinski definition) is 9. The van der Waals surface area contributed by atoms with E-state index in [4.69, 9.17) is 50.0 Å². The van der Waals surface area contributed by atoms with Gasteiger partial charge in [-0.3, -0.25) is 0 Å². The summed E-state index contributed by atoms with van der Waals surface area (Å²) in [7, 11) is 0. The predicted octanol–water partition coefficient (Wildman–Crippen LogP) is 8.38. The molecular formula is C35H39Cl4N5O4. The number of rotatable bonds is 8. The minimum Gasteiger partial charge on any atom is -0.462 e. The molecule has 0 amide bonds. The summed E-state index contributed by atoms with van der Waals surface area (Å²) in [6.07, 6.45) is 13.4. The molecule has 13 heteroatoms. The van der Waals surface area contributed by atoms with Gasteiger partial charge in [-0.25, -0.2) is 29.5 Å². The molecule has 4 aromatic rings. The zero-order valence-electron chi connectivity index (χ0n) is 26.8. The lowest BCUT2D eigenvalue weighted by Gasteiger charge is -2.42. The summed E-state index contributed by atoms with van der Waals surface area (Å²) in [4.78, 5) is 38.6. The highest BCUT2D eigenvalue weighted by atomic mass is 35.5. The minimum absolute atomic E-state index is 0. The molecular weight excluding hydrogens is 696 g/mol. The van der Waals surface area contributed by atoms with E-state index in [2.05, 4.69) is 32.1 Å². The summed E-state index contributed by atoms with van der Waals surface area (Å²) in [5.41, 5.74) is 9.38. The topological polar surface area (TPSA) is 130 Å². The van der Waals surface area contributed by atoms with E-state index in [1.807, 2.05) is 36.4 Å². The van der Waals surface area contributed by atoms with E-state index < -0.39 is 5.97 Å². The van der Waals surface area contributed by atoms with Crippen LogP contribution in [0.25, 0.3) is 0 Å². The number of carbonyl (C=O) groups excluding carboxylic acids is 2. The fourth-order valence-corrected chi connectivity index (χ4v) is 5.65. The standard InChI is InChI=1S/C18H19ClN2O2.C10H12ClN.C7H7ClN2O2.ClH/c1-2-23-17(22)13-11-20-16(21-12-13)10-18(8-3-9-18)14-4-6-15(19)7-5-14;11-9-4-2-8(3-5-9)10(12)6-1-7-10;1-2-12-6(11)5-3-9-7(8)10-4-5;/h4-7,11-12H,2-3,8-10H2,1H3;2-5H,1,6-7,12H2;3-4H,2H2,1H3;1H. The highest BCUT2D eigenvalue weighted by Crippen LogP contribution is 2.46. The summed E-state index contributed by atoms with van der Waals surface area (Å²) in [6, 6.07) is 15.9. The third-order valence-electron chi connectivity index (χ3n) is 8.28. The maximum atomic E-state index is 11.6. The van der Waals surface area contributed by atoms with Crippen LogP contribution in [0.5, 0.6) is 0 Å². The van der Waals surface area contributed by atoms with Crippen LogP contribution in [0.3, 0.4) is 0 Å². The second kappa shape index (κ2) is 18.4. The van der Waals surface area contributed by atoms with Crippen LogP contribution < -0.4 is 5.73 Å². The molecule has 0 unspecified atom stereocenters. The van der Waals surface area contributed by atoms with Crippen LogP contribution in [0.1, 0.15) is 90.0 Å². The number of aromatic nitrogens is 4. The van der Waals surface area contributed by atoms with Crippen molar-refractivity contribution in [1.82, 2.24) is 19.9 Å². The number of carbonyl (C=O) groups is 2. The summed E-state index contributed by atoms with van der Waals surface area (Å²) in [6.45, 7) is 4.19. The molecule has 256 valence electrons. The van der Waals surface area contributed by atoms with Crippen molar-refractivity contribution in [2.75, 3.05) is 13.2 Å². The number of benzene rings is 2. The van der Waals surface area contributed by atoms with Crippen LogP contribution >= 0.6 is 47.2 Å². The van der Waals surface area contributed by atoms with Gasteiger partial charge in [-0.15, -0.1) is 12.4 Å². The van der Waals surface area contributed by atoms with Gasteiger partial charge in [-0.1, -0.05) is 53.9 Å². The number of nitrogens with zero attached hydrogens (tertiary/aromatic N) is 4. The number of ether oxygens (including phenoxy) is 2. The third kappa shape index (κ3) is 10.6. The van der Waals surface area contributed by atoms with Crippen LogP contribution in [0, 0.1) is 0 Å². The first-order chi connectivity index (χ1) is 22.6. The Hall–Kier alpha value is -3.34. The number of halogens is 4. The fraction of sp³-hybridized carbons (Fsp3) is 0.371.